The number of hydrazine groups is 1. The minimum Gasteiger partial charge on any atom is -0.460 e. The molecule has 3 N–H and O–H groups in total. The van der Waals surface area contributed by atoms with E-state index in [1.54, 1.807) is 27.7 Å². The Bertz CT molecular complexity index is 221. The lowest BCUT2D eigenvalue weighted by molar-refractivity contribution is -0.157. The van der Waals surface area contributed by atoms with Crippen molar-refractivity contribution in [3.8, 4) is 0 Å². The van der Waals surface area contributed by atoms with Crippen LogP contribution in [0.5, 0.6) is 0 Å². The van der Waals surface area contributed by atoms with Crippen molar-refractivity contribution in [1.29, 1.82) is 0 Å². The summed E-state index contributed by atoms with van der Waals surface area (Å²) in [5.41, 5.74) is 1.47. The van der Waals surface area contributed by atoms with Crippen LogP contribution < -0.4 is 11.3 Å². The number of amides is 1. The Kier molecular flexibility index (Phi) is 4.56. The van der Waals surface area contributed by atoms with Gasteiger partial charge in [0.1, 0.15) is 5.60 Å². The Morgan fingerprint density at radius 3 is 2.29 bits per heavy atom. The average molecular weight is 202 g/mol. The molecule has 5 heteroatoms. The molecule has 0 fully saturated rings. The monoisotopic (exact) mass is 202 g/mol. The number of esters is 1. The zero-order chi connectivity index (χ0) is 11.4. The summed E-state index contributed by atoms with van der Waals surface area (Å²) in [5.74, 6) is 3.70. The summed E-state index contributed by atoms with van der Waals surface area (Å²) in [4.78, 5) is 22.2. The number of carbonyl (C=O) groups is 2. The van der Waals surface area contributed by atoms with Crippen molar-refractivity contribution in [2.24, 2.45) is 11.8 Å². The molecule has 0 spiro atoms. The van der Waals surface area contributed by atoms with E-state index in [9.17, 15) is 9.59 Å². The molecule has 0 saturated heterocycles. The molecule has 0 aromatic carbocycles. The minimum atomic E-state index is -0.518. The average Bonchev–Trinajstić information content (AvgIpc) is 1.99. The van der Waals surface area contributed by atoms with Crippen molar-refractivity contribution in [2.45, 2.75) is 39.7 Å². The van der Waals surface area contributed by atoms with Crippen LogP contribution in [0, 0.1) is 5.92 Å². The lowest BCUT2D eigenvalue weighted by Crippen LogP contribution is -2.36. The molecule has 1 amide bonds. The molecule has 0 aliphatic heterocycles. The van der Waals surface area contributed by atoms with Crippen LogP contribution in [0.25, 0.3) is 0 Å². The maximum atomic E-state index is 11.2. The normalized spacial score (nSPS) is 13.2. The quantitative estimate of drug-likeness (QED) is 0.299. The third kappa shape index (κ3) is 5.53. The third-order valence-electron chi connectivity index (χ3n) is 1.48. The SMILES string of the molecule is C[C@H](CC(=O)OC(C)(C)C)C(=O)NN. The number of hydrogen-bond acceptors (Lipinski definition) is 4. The van der Waals surface area contributed by atoms with E-state index < -0.39 is 17.5 Å². The lowest BCUT2D eigenvalue weighted by atomic mass is 10.1. The van der Waals surface area contributed by atoms with Gasteiger partial charge in [-0.3, -0.25) is 15.0 Å². The third-order valence-corrected chi connectivity index (χ3v) is 1.48. The van der Waals surface area contributed by atoms with Crippen LogP contribution in [0.4, 0.5) is 0 Å². The summed E-state index contributed by atoms with van der Waals surface area (Å²) in [6.45, 7) is 6.95. The highest BCUT2D eigenvalue weighted by molar-refractivity contribution is 5.83. The number of rotatable bonds is 3. The van der Waals surface area contributed by atoms with Crippen molar-refractivity contribution in [3.63, 3.8) is 0 Å². The van der Waals surface area contributed by atoms with Crippen LogP contribution in [0.1, 0.15) is 34.1 Å². The Morgan fingerprint density at radius 1 is 1.43 bits per heavy atom. The summed E-state index contributed by atoms with van der Waals surface area (Å²) in [6.07, 6.45) is 0.0420. The predicted octanol–water partition coefficient (Wildman–Crippen LogP) is 0.344. The first kappa shape index (κ1) is 12.9. The molecule has 0 saturated carbocycles. The van der Waals surface area contributed by atoms with Gasteiger partial charge in [0, 0.05) is 5.92 Å². The first-order valence-corrected chi connectivity index (χ1v) is 4.48. The Balaban J connectivity index is 4.01. The van der Waals surface area contributed by atoms with Crippen molar-refractivity contribution in [3.05, 3.63) is 0 Å². The molecular formula is C9H18N2O3. The van der Waals surface area contributed by atoms with Gasteiger partial charge in [0.15, 0.2) is 0 Å². The van der Waals surface area contributed by atoms with E-state index in [1.807, 2.05) is 5.43 Å². The van der Waals surface area contributed by atoms with Gasteiger partial charge < -0.3 is 4.74 Å². The fourth-order valence-corrected chi connectivity index (χ4v) is 0.868. The van der Waals surface area contributed by atoms with E-state index in [2.05, 4.69) is 0 Å². The number of ether oxygens (including phenoxy) is 1. The first-order chi connectivity index (χ1) is 6.26. The number of nitrogens with two attached hydrogens (primary N) is 1. The van der Waals surface area contributed by atoms with E-state index in [1.165, 1.54) is 0 Å². The molecule has 0 radical (unpaired) electrons. The standard InChI is InChI=1S/C9H18N2O3/c1-6(8(13)11-10)5-7(12)14-9(2,3)4/h6H,5,10H2,1-4H3,(H,11,13)/t6-/m1/s1. The van der Waals surface area contributed by atoms with Crippen LogP contribution in [0.3, 0.4) is 0 Å². The van der Waals surface area contributed by atoms with Gasteiger partial charge >= 0.3 is 5.97 Å². The van der Waals surface area contributed by atoms with Crippen LogP contribution in [0.2, 0.25) is 0 Å². The van der Waals surface area contributed by atoms with Crippen molar-refractivity contribution < 1.29 is 14.3 Å². The van der Waals surface area contributed by atoms with Crippen LogP contribution in [0.15, 0.2) is 0 Å². The lowest BCUT2D eigenvalue weighted by Gasteiger charge is -2.20. The number of carbonyl (C=O) groups excluding carboxylic acids is 2. The summed E-state index contributed by atoms with van der Waals surface area (Å²) < 4.78 is 5.04. The second kappa shape index (κ2) is 4.95. The Hall–Kier alpha value is -1.10. The van der Waals surface area contributed by atoms with Crippen molar-refractivity contribution in [2.75, 3.05) is 0 Å². The van der Waals surface area contributed by atoms with Crippen LogP contribution in [-0.2, 0) is 14.3 Å². The molecule has 1 atom stereocenters. The fraction of sp³-hybridized carbons (Fsp3) is 0.778. The molecule has 0 aliphatic rings. The Labute approximate surface area is 84.0 Å². The minimum absolute atomic E-state index is 0.0420. The van der Waals surface area contributed by atoms with Gasteiger partial charge in [0.05, 0.1) is 6.42 Å². The van der Waals surface area contributed by atoms with E-state index in [-0.39, 0.29) is 12.3 Å². The molecule has 0 aliphatic carbocycles. The number of nitrogens with one attached hydrogen (secondary N) is 1. The largest absolute Gasteiger partial charge is 0.460 e. The summed E-state index contributed by atoms with van der Waals surface area (Å²) in [6, 6.07) is 0. The fourth-order valence-electron chi connectivity index (χ4n) is 0.868. The molecule has 5 nitrogen and oxygen atoms in total. The van der Waals surface area contributed by atoms with Gasteiger partial charge in [0.25, 0.3) is 0 Å². The molecule has 82 valence electrons. The number of hydrogen-bond donors (Lipinski definition) is 2. The zero-order valence-corrected chi connectivity index (χ0v) is 9.09. The molecule has 14 heavy (non-hydrogen) atoms. The molecule has 0 unspecified atom stereocenters. The van der Waals surface area contributed by atoms with E-state index in [0.29, 0.717) is 0 Å². The molecule has 0 rings (SSSR count). The van der Waals surface area contributed by atoms with Gasteiger partial charge in [0.2, 0.25) is 5.91 Å². The highest BCUT2D eigenvalue weighted by atomic mass is 16.6. The Morgan fingerprint density at radius 2 is 1.93 bits per heavy atom. The second-order valence-corrected chi connectivity index (χ2v) is 4.20. The molecule has 0 heterocycles. The first-order valence-electron chi connectivity index (χ1n) is 4.48. The van der Waals surface area contributed by atoms with E-state index in [4.69, 9.17) is 10.6 Å². The van der Waals surface area contributed by atoms with Gasteiger partial charge in [-0.05, 0) is 20.8 Å². The second-order valence-electron chi connectivity index (χ2n) is 4.20. The summed E-state index contributed by atoms with van der Waals surface area (Å²) in [7, 11) is 0. The van der Waals surface area contributed by atoms with Crippen LogP contribution in [-0.4, -0.2) is 17.5 Å². The maximum absolute atomic E-state index is 11.2. The van der Waals surface area contributed by atoms with E-state index >= 15 is 0 Å². The van der Waals surface area contributed by atoms with Crippen molar-refractivity contribution >= 4 is 11.9 Å². The summed E-state index contributed by atoms with van der Waals surface area (Å²) in [5, 5.41) is 0. The zero-order valence-electron chi connectivity index (χ0n) is 9.09. The highest BCUT2D eigenvalue weighted by Gasteiger charge is 2.21. The van der Waals surface area contributed by atoms with E-state index in [0.717, 1.165) is 0 Å². The molecular weight excluding hydrogens is 184 g/mol. The molecule has 0 aromatic heterocycles. The van der Waals surface area contributed by atoms with Gasteiger partial charge in [-0.1, -0.05) is 6.92 Å². The maximum Gasteiger partial charge on any atom is 0.307 e. The summed E-state index contributed by atoms with van der Waals surface area (Å²) >= 11 is 0. The predicted molar refractivity (Wildman–Crippen MR) is 52.0 cm³/mol. The molecule has 0 bridgehead atoms. The van der Waals surface area contributed by atoms with Crippen LogP contribution >= 0.6 is 0 Å². The smallest absolute Gasteiger partial charge is 0.307 e. The highest BCUT2D eigenvalue weighted by Crippen LogP contribution is 2.11. The van der Waals surface area contributed by atoms with Gasteiger partial charge in [-0.25, -0.2) is 5.84 Å². The topological polar surface area (TPSA) is 81.4 Å². The van der Waals surface area contributed by atoms with Gasteiger partial charge in [-0.2, -0.15) is 0 Å². The van der Waals surface area contributed by atoms with Crippen molar-refractivity contribution in [1.82, 2.24) is 5.43 Å². The van der Waals surface area contributed by atoms with Gasteiger partial charge in [-0.15, -0.1) is 0 Å². The molecule has 0 aromatic rings.